The summed E-state index contributed by atoms with van der Waals surface area (Å²) in [6, 6.07) is 16.5. The van der Waals surface area contributed by atoms with Crippen molar-refractivity contribution in [2.45, 2.75) is 10.7 Å². The van der Waals surface area contributed by atoms with Gasteiger partial charge in [-0.1, -0.05) is 42.1 Å². The highest BCUT2D eigenvalue weighted by molar-refractivity contribution is 7.99. The van der Waals surface area contributed by atoms with Crippen molar-refractivity contribution < 1.29 is 13.6 Å². The number of piperazine rings is 1. The van der Waals surface area contributed by atoms with Crippen LogP contribution in [0.1, 0.15) is 10.4 Å². The molecule has 0 bridgehead atoms. The van der Waals surface area contributed by atoms with Crippen LogP contribution >= 0.6 is 11.8 Å². The average molecular weight is 442 g/mol. The van der Waals surface area contributed by atoms with E-state index >= 15 is 0 Å². The lowest BCUT2D eigenvalue weighted by Crippen LogP contribution is -2.47. The molecule has 0 radical (unpaired) electrons. The van der Waals surface area contributed by atoms with Crippen LogP contribution in [0.3, 0.4) is 0 Å². The summed E-state index contributed by atoms with van der Waals surface area (Å²) in [7, 11) is 0. The molecular weight excluding hydrogens is 420 g/mol. The number of hydrogen-bond donors (Lipinski definition) is 1. The van der Waals surface area contributed by atoms with Crippen LogP contribution < -0.4 is 15.1 Å². The number of carbonyl (C=O) groups is 1. The number of alkyl halides is 2. The lowest BCUT2D eigenvalue weighted by Gasteiger charge is -2.36. The second kappa shape index (κ2) is 9.74. The molecule has 0 saturated carbocycles. The van der Waals surface area contributed by atoms with Crippen molar-refractivity contribution in [2.75, 3.05) is 41.3 Å². The molecule has 1 aliphatic rings. The Labute approximate surface area is 183 Å². The average Bonchev–Trinajstić information content (AvgIpc) is 2.80. The van der Waals surface area contributed by atoms with Crippen LogP contribution in [0.25, 0.3) is 0 Å². The predicted molar refractivity (Wildman–Crippen MR) is 119 cm³/mol. The van der Waals surface area contributed by atoms with Crippen molar-refractivity contribution in [3.63, 3.8) is 0 Å². The number of para-hydroxylation sites is 1. The number of benzene rings is 2. The summed E-state index contributed by atoms with van der Waals surface area (Å²) < 4.78 is 25.5. The number of hydrogen-bond acceptors (Lipinski definition) is 6. The van der Waals surface area contributed by atoms with E-state index in [4.69, 9.17) is 0 Å². The molecule has 31 heavy (non-hydrogen) atoms. The zero-order valence-corrected chi connectivity index (χ0v) is 17.4. The number of amides is 1. The molecule has 1 aromatic heterocycles. The zero-order chi connectivity index (χ0) is 21.6. The largest absolute Gasteiger partial charge is 0.368 e. The van der Waals surface area contributed by atoms with Crippen molar-refractivity contribution in [3.05, 3.63) is 72.6 Å². The third kappa shape index (κ3) is 5.29. The Morgan fingerprint density at radius 3 is 2.19 bits per heavy atom. The van der Waals surface area contributed by atoms with Crippen LogP contribution in [-0.2, 0) is 0 Å². The van der Waals surface area contributed by atoms with Crippen LogP contribution in [0.4, 0.5) is 26.1 Å². The van der Waals surface area contributed by atoms with Crippen molar-refractivity contribution >= 4 is 35.0 Å². The normalized spacial score (nSPS) is 14.0. The van der Waals surface area contributed by atoms with Gasteiger partial charge in [0.2, 0.25) is 5.95 Å². The molecule has 1 N–H and O–H groups in total. The summed E-state index contributed by atoms with van der Waals surface area (Å²) in [5.41, 5.74) is 1.80. The first-order valence-corrected chi connectivity index (χ1v) is 10.7. The Kier molecular flexibility index (Phi) is 6.61. The molecular formula is C22H21F2N5OS. The van der Waals surface area contributed by atoms with Gasteiger partial charge in [-0.25, -0.2) is 9.97 Å². The maximum atomic E-state index is 12.7. The SMILES string of the molecule is O=C(Nc1cnc(N2CCN(c3ccccc3)CC2)nc1)c1ccccc1SC(F)F. The third-order valence-corrected chi connectivity index (χ3v) is 5.72. The molecule has 2 heterocycles. The monoisotopic (exact) mass is 441 g/mol. The minimum absolute atomic E-state index is 0.189. The van der Waals surface area contributed by atoms with E-state index in [0.717, 1.165) is 26.2 Å². The summed E-state index contributed by atoms with van der Waals surface area (Å²) in [5, 5.41) is 2.68. The van der Waals surface area contributed by atoms with Crippen molar-refractivity contribution in [1.82, 2.24) is 9.97 Å². The van der Waals surface area contributed by atoms with Gasteiger partial charge in [0.15, 0.2) is 0 Å². The lowest BCUT2D eigenvalue weighted by atomic mass is 10.2. The summed E-state index contributed by atoms with van der Waals surface area (Å²) >= 11 is 0.348. The Morgan fingerprint density at radius 2 is 1.52 bits per heavy atom. The van der Waals surface area contributed by atoms with Gasteiger partial charge < -0.3 is 15.1 Å². The van der Waals surface area contributed by atoms with Gasteiger partial charge in [-0.2, -0.15) is 8.78 Å². The number of anilines is 3. The molecule has 0 aliphatic carbocycles. The highest BCUT2D eigenvalue weighted by Gasteiger charge is 2.20. The van der Waals surface area contributed by atoms with E-state index in [1.807, 2.05) is 18.2 Å². The number of rotatable bonds is 6. The second-order valence-corrected chi connectivity index (χ2v) is 7.94. The highest BCUT2D eigenvalue weighted by atomic mass is 32.2. The molecule has 1 amide bonds. The molecule has 3 aromatic rings. The molecule has 1 aliphatic heterocycles. The van der Waals surface area contributed by atoms with Gasteiger partial charge in [0.1, 0.15) is 0 Å². The topological polar surface area (TPSA) is 61.4 Å². The molecule has 2 aromatic carbocycles. The van der Waals surface area contributed by atoms with E-state index in [9.17, 15) is 13.6 Å². The van der Waals surface area contributed by atoms with Crippen LogP contribution in [0.5, 0.6) is 0 Å². The van der Waals surface area contributed by atoms with Gasteiger partial charge in [-0.15, -0.1) is 0 Å². The van der Waals surface area contributed by atoms with Gasteiger partial charge in [-0.3, -0.25) is 4.79 Å². The summed E-state index contributed by atoms with van der Waals surface area (Å²) in [4.78, 5) is 25.9. The molecule has 0 unspecified atom stereocenters. The van der Waals surface area contributed by atoms with Crippen molar-refractivity contribution in [3.8, 4) is 0 Å². The fourth-order valence-electron chi connectivity index (χ4n) is 3.40. The Hall–Kier alpha value is -3.20. The van der Waals surface area contributed by atoms with Crippen molar-refractivity contribution in [2.24, 2.45) is 0 Å². The molecule has 6 nitrogen and oxygen atoms in total. The Bertz CT molecular complexity index is 1010. The van der Waals surface area contributed by atoms with Crippen LogP contribution in [0.15, 0.2) is 71.9 Å². The molecule has 9 heteroatoms. The molecule has 1 fully saturated rings. The van der Waals surface area contributed by atoms with Gasteiger partial charge in [0, 0.05) is 36.8 Å². The number of carbonyl (C=O) groups excluding carboxylic acids is 1. The number of halogens is 2. The molecule has 0 atom stereocenters. The smallest absolute Gasteiger partial charge is 0.288 e. The van der Waals surface area contributed by atoms with E-state index < -0.39 is 11.7 Å². The molecule has 160 valence electrons. The predicted octanol–water partition coefficient (Wildman–Crippen LogP) is 4.37. The number of aromatic nitrogens is 2. The van der Waals surface area contributed by atoms with E-state index in [-0.39, 0.29) is 10.5 Å². The maximum Gasteiger partial charge on any atom is 0.288 e. The zero-order valence-electron chi connectivity index (χ0n) is 16.6. The maximum absolute atomic E-state index is 12.7. The molecule has 4 rings (SSSR count). The standard InChI is InChI=1S/C22H21F2N5OS/c23-21(24)31-19-9-5-4-8-18(19)20(30)27-16-14-25-22(26-15-16)29-12-10-28(11-13-29)17-6-2-1-3-7-17/h1-9,14-15,21H,10-13H2,(H,27,30). The van der Waals surface area contributed by atoms with Gasteiger partial charge >= 0.3 is 0 Å². The third-order valence-electron chi connectivity index (χ3n) is 4.93. The first kappa shape index (κ1) is 21.0. The quantitative estimate of drug-likeness (QED) is 0.573. The van der Waals surface area contributed by atoms with Crippen molar-refractivity contribution in [1.29, 1.82) is 0 Å². The van der Waals surface area contributed by atoms with E-state index in [1.165, 1.54) is 30.2 Å². The van der Waals surface area contributed by atoms with Crippen LogP contribution in [0, 0.1) is 0 Å². The van der Waals surface area contributed by atoms with E-state index in [2.05, 4.69) is 37.2 Å². The summed E-state index contributed by atoms with van der Waals surface area (Å²) in [6.45, 7) is 3.31. The minimum atomic E-state index is -2.60. The van der Waals surface area contributed by atoms with Gasteiger partial charge in [-0.05, 0) is 24.3 Å². The van der Waals surface area contributed by atoms with Gasteiger partial charge in [0.05, 0.1) is 23.6 Å². The van der Waals surface area contributed by atoms with Crippen LogP contribution in [-0.4, -0.2) is 47.8 Å². The highest BCUT2D eigenvalue weighted by Crippen LogP contribution is 2.29. The van der Waals surface area contributed by atoms with E-state index in [1.54, 1.807) is 12.1 Å². The summed E-state index contributed by atoms with van der Waals surface area (Å²) in [5.74, 6) is -2.48. The summed E-state index contributed by atoms with van der Waals surface area (Å²) in [6.07, 6.45) is 3.07. The van der Waals surface area contributed by atoms with E-state index in [0.29, 0.717) is 23.4 Å². The number of nitrogens with one attached hydrogen (secondary N) is 1. The Morgan fingerprint density at radius 1 is 0.903 bits per heavy atom. The second-order valence-electron chi connectivity index (χ2n) is 6.91. The van der Waals surface area contributed by atoms with Crippen LogP contribution in [0.2, 0.25) is 0 Å². The first-order valence-electron chi connectivity index (χ1n) is 9.82. The fourth-order valence-corrected chi connectivity index (χ4v) is 4.04. The number of thioether (sulfide) groups is 1. The molecule has 0 spiro atoms. The number of nitrogens with zero attached hydrogens (tertiary/aromatic N) is 4. The lowest BCUT2D eigenvalue weighted by molar-refractivity contribution is 0.102. The minimum Gasteiger partial charge on any atom is -0.368 e. The first-order chi connectivity index (χ1) is 15.1. The fraction of sp³-hybridized carbons (Fsp3) is 0.227. The van der Waals surface area contributed by atoms with Gasteiger partial charge in [0.25, 0.3) is 11.7 Å². The Balaban J connectivity index is 1.36. The molecule has 1 saturated heterocycles.